The van der Waals surface area contributed by atoms with Crippen LogP contribution in [0.1, 0.15) is 30.1 Å². The van der Waals surface area contributed by atoms with E-state index in [1.165, 1.54) is 0 Å². The van der Waals surface area contributed by atoms with Gasteiger partial charge in [-0.25, -0.2) is 0 Å². The average Bonchev–Trinajstić information content (AvgIpc) is 2.46. The standard InChI is InChI=1S/C14H18N2O2/c15-8-11-3-5-12(6-4-11)14(17)9-16-13-2-1-7-18-10-13/h3-6,13-14,16-17H,1-2,7,9-10H2. The van der Waals surface area contributed by atoms with Crippen LogP contribution in [0, 0.1) is 11.3 Å². The second-order valence-corrected chi connectivity index (χ2v) is 4.57. The van der Waals surface area contributed by atoms with Crippen molar-refractivity contribution in [2.24, 2.45) is 0 Å². The highest BCUT2D eigenvalue weighted by Crippen LogP contribution is 2.14. The number of benzene rings is 1. The van der Waals surface area contributed by atoms with Gasteiger partial charge in [0.1, 0.15) is 0 Å². The van der Waals surface area contributed by atoms with E-state index in [0.29, 0.717) is 18.2 Å². The van der Waals surface area contributed by atoms with Crippen LogP contribution in [-0.4, -0.2) is 30.9 Å². The van der Waals surface area contributed by atoms with Gasteiger partial charge in [0.2, 0.25) is 0 Å². The van der Waals surface area contributed by atoms with E-state index in [9.17, 15) is 5.11 Å². The molecule has 2 atom stereocenters. The molecular weight excluding hydrogens is 228 g/mol. The Bertz CT molecular complexity index is 405. The minimum Gasteiger partial charge on any atom is -0.387 e. The summed E-state index contributed by atoms with van der Waals surface area (Å²) in [4.78, 5) is 0. The van der Waals surface area contributed by atoms with Gasteiger partial charge in [0.05, 0.1) is 24.3 Å². The molecule has 2 rings (SSSR count). The molecule has 1 heterocycles. The van der Waals surface area contributed by atoms with Crippen molar-refractivity contribution in [3.05, 3.63) is 35.4 Å². The fourth-order valence-corrected chi connectivity index (χ4v) is 2.08. The van der Waals surface area contributed by atoms with E-state index in [1.54, 1.807) is 24.3 Å². The third-order valence-corrected chi connectivity index (χ3v) is 3.18. The quantitative estimate of drug-likeness (QED) is 0.842. The Morgan fingerprint density at radius 3 is 2.83 bits per heavy atom. The SMILES string of the molecule is N#Cc1ccc(C(O)CNC2CCCOC2)cc1. The zero-order valence-electron chi connectivity index (χ0n) is 10.3. The summed E-state index contributed by atoms with van der Waals surface area (Å²) in [5, 5.41) is 22.0. The van der Waals surface area contributed by atoms with E-state index in [1.807, 2.05) is 0 Å². The van der Waals surface area contributed by atoms with E-state index in [-0.39, 0.29) is 0 Å². The molecule has 2 N–H and O–H groups in total. The molecule has 4 nitrogen and oxygen atoms in total. The lowest BCUT2D eigenvalue weighted by molar-refractivity contribution is 0.0639. The molecule has 0 radical (unpaired) electrons. The van der Waals surface area contributed by atoms with Gasteiger partial charge in [-0.2, -0.15) is 5.26 Å². The van der Waals surface area contributed by atoms with Crippen molar-refractivity contribution in [3.8, 4) is 6.07 Å². The first-order chi connectivity index (χ1) is 8.79. The normalized spacial score (nSPS) is 21.2. The number of aliphatic hydroxyl groups is 1. The Morgan fingerprint density at radius 1 is 1.44 bits per heavy atom. The zero-order valence-corrected chi connectivity index (χ0v) is 10.3. The van der Waals surface area contributed by atoms with Gasteiger partial charge in [0.25, 0.3) is 0 Å². The van der Waals surface area contributed by atoms with Crippen molar-refractivity contribution in [1.29, 1.82) is 5.26 Å². The smallest absolute Gasteiger partial charge is 0.0991 e. The van der Waals surface area contributed by atoms with Gasteiger partial charge in [-0.1, -0.05) is 12.1 Å². The first-order valence-electron chi connectivity index (χ1n) is 6.29. The number of nitrogens with zero attached hydrogens (tertiary/aromatic N) is 1. The van der Waals surface area contributed by atoms with Crippen molar-refractivity contribution in [2.45, 2.75) is 25.0 Å². The molecule has 18 heavy (non-hydrogen) atoms. The molecule has 0 spiro atoms. The maximum Gasteiger partial charge on any atom is 0.0991 e. The number of ether oxygens (including phenoxy) is 1. The molecule has 1 aromatic carbocycles. The lowest BCUT2D eigenvalue weighted by Gasteiger charge is -2.24. The fourth-order valence-electron chi connectivity index (χ4n) is 2.08. The summed E-state index contributed by atoms with van der Waals surface area (Å²) in [6.07, 6.45) is 1.63. The highest BCUT2D eigenvalue weighted by Gasteiger charge is 2.15. The maximum atomic E-state index is 10.0. The molecule has 0 aromatic heterocycles. The van der Waals surface area contributed by atoms with E-state index >= 15 is 0 Å². The van der Waals surface area contributed by atoms with Crippen molar-refractivity contribution >= 4 is 0 Å². The number of hydrogen-bond donors (Lipinski definition) is 2. The fraction of sp³-hybridized carbons (Fsp3) is 0.500. The first-order valence-corrected chi connectivity index (χ1v) is 6.29. The van der Waals surface area contributed by atoms with Crippen molar-refractivity contribution in [1.82, 2.24) is 5.32 Å². The van der Waals surface area contributed by atoms with Gasteiger partial charge in [-0.05, 0) is 30.5 Å². The van der Waals surface area contributed by atoms with E-state index < -0.39 is 6.10 Å². The van der Waals surface area contributed by atoms with Crippen LogP contribution in [-0.2, 0) is 4.74 Å². The Balaban J connectivity index is 1.83. The van der Waals surface area contributed by atoms with Crippen molar-refractivity contribution in [2.75, 3.05) is 19.8 Å². The maximum absolute atomic E-state index is 10.0. The number of nitrogens with one attached hydrogen (secondary N) is 1. The van der Waals surface area contributed by atoms with E-state index in [2.05, 4.69) is 11.4 Å². The summed E-state index contributed by atoms with van der Waals surface area (Å²) in [5.41, 5.74) is 1.44. The number of aliphatic hydroxyl groups excluding tert-OH is 1. The summed E-state index contributed by atoms with van der Waals surface area (Å²) >= 11 is 0. The molecule has 2 unspecified atom stereocenters. The summed E-state index contributed by atoms with van der Waals surface area (Å²) in [6, 6.07) is 9.44. The molecular formula is C14H18N2O2. The second-order valence-electron chi connectivity index (χ2n) is 4.57. The van der Waals surface area contributed by atoms with Gasteiger partial charge in [0.15, 0.2) is 0 Å². The van der Waals surface area contributed by atoms with Gasteiger partial charge < -0.3 is 15.2 Å². The highest BCUT2D eigenvalue weighted by molar-refractivity contribution is 5.32. The highest BCUT2D eigenvalue weighted by atomic mass is 16.5. The van der Waals surface area contributed by atoms with Crippen LogP contribution in [0.4, 0.5) is 0 Å². The molecule has 1 aliphatic rings. The van der Waals surface area contributed by atoms with Gasteiger partial charge in [0, 0.05) is 19.2 Å². The molecule has 1 aliphatic heterocycles. The van der Waals surface area contributed by atoms with Crippen LogP contribution < -0.4 is 5.32 Å². The van der Waals surface area contributed by atoms with E-state index in [0.717, 1.165) is 31.6 Å². The van der Waals surface area contributed by atoms with Crippen LogP contribution in [0.25, 0.3) is 0 Å². The molecule has 4 heteroatoms. The molecule has 1 fully saturated rings. The number of hydrogen-bond acceptors (Lipinski definition) is 4. The predicted molar refractivity (Wildman–Crippen MR) is 68.0 cm³/mol. The summed E-state index contributed by atoms with van der Waals surface area (Å²) in [5.74, 6) is 0. The van der Waals surface area contributed by atoms with Crippen molar-refractivity contribution < 1.29 is 9.84 Å². The third-order valence-electron chi connectivity index (χ3n) is 3.18. The Morgan fingerprint density at radius 2 is 2.22 bits per heavy atom. The lowest BCUT2D eigenvalue weighted by atomic mass is 10.1. The van der Waals surface area contributed by atoms with Crippen LogP contribution in [0.2, 0.25) is 0 Å². The zero-order chi connectivity index (χ0) is 12.8. The van der Waals surface area contributed by atoms with E-state index in [4.69, 9.17) is 10.00 Å². The second kappa shape index (κ2) is 6.50. The topological polar surface area (TPSA) is 65.3 Å². The minimum atomic E-state index is -0.542. The molecule has 0 saturated carbocycles. The largest absolute Gasteiger partial charge is 0.387 e. The molecule has 0 aliphatic carbocycles. The Kier molecular flexibility index (Phi) is 4.71. The average molecular weight is 246 g/mol. The van der Waals surface area contributed by atoms with Gasteiger partial charge in [-0.3, -0.25) is 0 Å². The van der Waals surface area contributed by atoms with Crippen LogP contribution >= 0.6 is 0 Å². The summed E-state index contributed by atoms with van der Waals surface area (Å²) < 4.78 is 5.37. The monoisotopic (exact) mass is 246 g/mol. The summed E-state index contributed by atoms with van der Waals surface area (Å²) in [7, 11) is 0. The van der Waals surface area contributed by atoms with Crippen LogP contribution in [0.5, 0.6) is 0 Å². The summed E-state index contributed by atoms with van der Waals surface area (Å²) in [6.45, 7) is 2.08. The number of nitriles is 1. The van der Waals surface area contributed by atoms with Crippen LogP contribution in [0.3, 0.4) is 0 Å². The lowest BCUT2D eigenvalue weighted by Crippen LogP contribution is -2.38. The van der Waals surface area contributed by atoms with Crippen molar-refractivity contribution in [3.63, 3.8) is 0 Å². The number of rotatable bonds is 4. The molecule has 96 valence electrons. The van der Waals surface area contributed by atoms with Gasteiger partial charge in [-0.15, -0.1) is 0 Å². The first kappa shape index (κ1) is 13.0. The molecule has 1 aromatic rings. The molecule has 0 bridgehead atoms. The molecule has 1 saturated heterocycles. The Labute approximate surface area is 107 Å². The molecule has 0 amide bonds. The third kappa shape index (κ3) is 3.54. The van der Waals surface area contributed by atoms with Gasteiger partial charge >= 0.3 is 0 Å². The predicted octanol–water partition coefficient (Wildman–Crippen LogP) is 1.36. The minimum absolute atomic E-state index is 0.340. The van der Waals surface area contributed by atoms with Crippen LogP contribution in [0.15, 0.2) is 24.3 Å². The Hall–Kier alpha value is -1.41.